The molecule has 2 heterocycles. The summed E-state index contributed by atoms with van der Waals surface area (Å²) in [7, 11) is 1.89. The first kappa shape index (κ1) is 17.7. The van der Waals surface area contributed by atoms with Crippen molar-refractivity contribution in [2.45, 2.75) is 25.2 Å². The summed E-state index contributed by atoms with van der Waals surface area (Å²) in [5, 5.41) is 11.0. The summed E-state index contributed by atoms with van der Waals surface area (Å²) >= 11 is 7.99. The van der Waals surface area contributed by atoms with Gasteiger partial charge in [-0.3, -0.25) is 9.67 Å². The molecule has 2 aromatic heterocycles. The van der Waals surface area contributed by atoms with Crippen molar-refractivity contribution in [3.8, 4) is 5.82 Å². The maximum absolute atomic E-state index is 6.41. The van der Waals surface area contributed by atoms with E-state index in [1.807, 2.05) is 37.6 Å². The smallest absolute Gasteiger partial charge is 0.176 e. The molecule has 6 nitrogen and oxygen atoms in total. The van der Waals surface area contributed by atoms with Gasteiger partial charge in [-0.2, -0.15) is 5.10 Å². The summed E-state index contributed by atoms with van der Waals surface area (Å²) in [5.41, 5.74) is 7.82. The summed E-state index contributed by atoms with van der Waals surface area (Å²) in [6.45, 7) is 3.98. The van der Waals surface area contributed by atoms with Crippen molar-refractivity contribution in [2.24, 2.45) is 0 Å². The molecule has 0 bridgehead atoms. The lowest BCUT2D eigenvalue weighted by molar-refractivity contribution is 0.930. The molecule has 0 aliphatic rings. The number of thioether (sulfide) groups is 1. The van der Waals surface area contributed by atoms with Crippen molar-refractivity contribution >= 4 is 34.8 Å². The first-order valence-electron chi connectivity index (χ1n) is 7.29. The van der Waals surface area contributed by atoms with E-state index in [9.17, 15) is 0 Å². The van der Waals surface area contributed by atoms with E-state index in [4.69, 9.17) is 17.3 Å². The van der Waals surface area contributed by atoms with Gasteiger partial charge in [-0.25, -0.2) is 4.98 Å². The van der Waals surface area contributed by atoms with Gasteiger partial charge in [-0.1, -0.05) is 30.7 Å². The molecule has 0 aromatic carbocycles. The van der Waals surface area contributed by atoms with Crippen molar-refractivity contribution in [3.05, 3.63) is 35.4 Å². The van der Waals surface area contributed by atoms with Crippen LogP contribution in [0.25, 0.3) is 11.4 Å². The fourth-order valence-electron chi connectivity index (χ4n) is 2.12. The average Bonchev–Trinajstić information content (AvgIpc) is 3.16. The third-order valence-corrected chi connectivity index (χ3v) is 4.76. The Balaban J connectivity index is 2.54. The van der Waals surface area contributed by atoms with Crippen LogP contribution in [0.2, 0.25) is 0 Å². The van der Waals surface area contributed by atoms with Crippen LogP contribution in [-0.4, -0.2) is 32.7 Å². The molecule has 2 rings (SSSR count). The van der Waals surface area contributed by atoms with E-state index in [0.717, 1.165) is 39.3 Å². The highest BCUT2D eigenvalue weighted by Gasteiger charge is 2.18. The fourth-order valence-corrected chi connectivity index (χ4v) is 3.04. The molecule has 0 atom stereocenters. The van der Waals surface area contributed by atoms with Gasteiger partial charge in [0.15, 0.2) is 5.82 Å². The molecule has 4 N–H and O–H groups in total. The minimum absolute atomic E-state index is 0.540. The number of allylic oxidation sites excluding steroid dienone is 4. The van der Waals surface area contributed by atoms with Gasteiger partial charge in [0.2, 0.25) is 0 Å². The van der Waals surface area contributed by atoms with Gasteiger partial charge in [0.25, 0.3) is 0 Å². The number of imidazole rings is 1. The molecule has 8 heteroatoms. The standard InChI is InChI=1S/C15H21ClN6S/c1-4-6-10(11(16)5-2)12-7-19-8-22(12)15-13(23-9-18-3)14(17)20-21-15/h4,6-8,18H,5,9H2,1-3H3,(H3,17,20,21)/b6-4-,11-10-. The molecule has 0 amide bonds. The van der Waals surface area contributed by atoms with Crippen LogP contribution in [0, 0.1) is 0 Å². The predicted octanol–water partition coefficient (Wildman–Crippen LogP) is 3.38. The highest BCUT2D eigenvalue weighted by Crippen LogP contribution is 2.32. The van der Waals surface area contributed by atoms with Gasteiger partial charge in [-0.15, -0.1) is 11.8 Å². The lowest BCUT2D eigenvalue weighted by Gasteiger charge is -2.10. The molecule has 0 unspecified atom stereocenters. The molecule has 0 aliphatic carbocycles. The zero-order chi connectivity index (χ0) is 16.8. The number of hydrogen-bond acceptors (Lipinski definition) is 5. The summed E-state index contributed by atoms with van der Waals surface area (Å²) < 4.78 is 1.90. The third kappa shape index (κ3) is 3.80. The maximum atomic E-state index is 6.41. The summed E-state index contributed by atoms with van der Waals surface area (Å²) in [6, 6.07) is 0. The van der Waals surface area contributed by atoms with E-state index in [0.29, 0.717) is 5.82 Å². The Bertz CT molecular complexity index is 715. The third-order valence-electron chi connectivity index (χ3n) is 3.17. The zero-order valence-corrected chi connectivity index (χ0v) is 15.0. The number of aromatic amines is 1. The zero-order valence-electron chi connectivity index (χ0n) is 13.4. The molecule has 124 valence electrons. The number of halogens is 1. The van der Waals surface area contributed by atoms with E-state index in [2.05, 4.69) is 20.5 Å². The number of H-pyrrole nitrogens is 1. The van der Waals surface area contributed by atoms with E-state index >= 15 is 0 Å². The molecule has 0 radical (unpaired) electrons. The van der Waals surface area contributed by atoms with Crippen LogP contribution in [-0.2, 0) is 0 Å². The predicted molar refractivity (Wildman–Crippen MR) is 97.8 cm³/mol. The van der Waals surface area contributed by atoms with E-state index in [-0.39, 0.29) is 0 Å². The highest BCUT2D eigenvalue weighted by molar-refractivity contribution is 7.99. The quantitative estimate of drug-likeness (QED) is 0.404. The Morgan fingerprint density at radius 3 is 3.00 bits per heavy atom. The molecular weight excluding hydrogens is 332 g/mol. The molecule has 23 heavy (non-hydrogen) atoms. The van der Waals surface area contributed by atoms with E-state index in [1.54, 1.807) is 24.3 Å². The Morgan fingerprint density at radius 2 is 2.35 bits per heavy atom. The summed E-state index contributed by atoms with van der Waals surface area (Å²) in [5.74, 6) is 1.99. The largest absolute Gasteiger partial charge is 0.383 e. The minimum atomic E-state index is 0.540. The van der Waals surface area contributed by atoms with Crippen LogP contribution in [0.3, 0.4) is 0 Å². The van der Waals surface area contributed by atoms with Crippen molar-refractivity contribution in [2.75, 3.05) is 18.7 Å². The highest BCUT2D eigenvalue weighted by atomic mass is 35.5. The lowest BCUT2D eigenvalue weighted by atomic mass is 10.1. The van der Waals surface area contributed by atoms with Crippen molar-refractivity contribution in [1.29, 1.82) is 0 Å². The van der Waals surface area contributed by atoms with E-state index in [1.165, 1.54) is 0 Å². The van der Waals surface area contributed by atoms with Crippen LogP contribution < -0.4 is 11.1 Å². The Kier molecular flexibility index (Phi) is 6.32. The van der Waals surface area contributed by atoms with Crippen LogP contribution in [0.15, 0.2) is 34.6 Å². The minimum Gasteiger partial charge on any atom is -0.383 e. The van der Waals surface area contributed by atoms with Gasteiger partial charge in [-0.05, 0) is 20.4 Å². The number of aromatic nitrogens is 4. The second kappa shape index (κ2) is 8.24. The van der Waals surface area contributed by atoms with Crippen LogP contribution in [0.1, 0.15) is 26.0 Å². The van der Waals surface area contributed by atoms with Crippen molar-refractivity contribution in [1.82, 2.24) is 25.1 Å². The lowest BCUT2D eigenvalue weighted by Crippen LogP contribution is -2.05. The van der Waals surface area contributed by atoms with Gasteiger partial charge < -0.3 is 11.1 Å². The number of nitrogen functional groups attached to an aromatic ring is 1. The first-order chi connectivity index (χ1) is 11.1. The molecule has 0 aliphatic heterocycles. The normalized spacial score (nSPS) is 12.9. The molecule has 0 spiro atoms. The number of nitrogens with zero attached hydrogens (tertiary/aromatic N) is 3. The monoisotopic (exact) mass is 352 g/mol. The van der Waals surface area contributed by atoms with Gasteiger partial charge in [0.1, 0.15) is 12.1 Å². The number of hydrogen-bond donors (Lipinski definition) is 3. The second-order valence-corrected chi connectivity index (χ2v) is 6.20. The van der Waals surface area contributed by atoms with Gasteiger partial charge in [0, 0.05) is 16.5 Å². The van der Waals surface area contributed by atoms with Crippen molar-refractivity contribution in [3.63, 3.8) is 0 Å². The molecule has 0 fully saturated rings. The number of nitrogens with one attached hydrogen (secondary N) is 2. The Hall–Kier alpha value is -1.70. The number of anilines is 1. The fraction of sp³-hybridized carbons (Fsp3) is 0.333. The summed E-state index contributed by atoms with van der Waals surface area (Å²) in [4.78, 5) is 5.15. The molecular formula is C15H21ClN6S. The Labute approximate surface area is 145 Å². The van der Waals surface area contributed by atoms with Gasteiger partial charge >= 0.3 is 0 Å². The number of rotatable bonds is 7. The van der Waals surface area contributed by atoms with Crippen LogP contribution in [0.5, 0.6) is 0 Å². The molecule has 2 aromatic rings. The second-order valence-electron chi connectivity index (χ2n) is 4.75. The summed E-state index contributed by atoms with van der Waals surface area (Å²) in [6.07, 6.45) is 8.19. The Morgan fingerprint density at radius 1 is 1.57 bits per heavy atom. The SMILES string of the molecule is C/C=C\C(=C(\Cl)CC)c1cncn1-c1n[nH]c(N)c1SCNC. The van der Waals surface area contributed by atoms with E-state index < -0.39 is 0 Å². The van der Waals surface area contributed by atoms with Gasteiger partial charge in [0.05, 0.1) is 16.8 Å². The first-order valence-corrected chi connectivity index (χ1v) is 8.66. The molecule has 0 saturated heterocycles. The molecule has 0 saturated carbocycles. The van der Waals surface area contributed by atoms with Crippen LogP contribution >= 0.6 is 23.4 Å². The maximum Gasteiger partial charge on any atom is 0.176 e. The van der Waals surface area contributed by atoms with Crippen molar-refractivity contribution < 1.29 is 0 Å². The average molecular weight is 353 g/mol. The van der Waals surface area contributed by atoms with Crippen LogP contribution in [0.4, 0.5) is 5.82 Å². The number of nitrogens with two attached hydrogens (primary N) is 1. The topological polar surface area (TPSA) is 84.5 Å².